The Kier molecular flexibility index (Phi) is 4.19. The van der Waals surface area contributed by atoms with Gasteiger partial charge in [-0.1, -0.05) is 22.0 Å². The third-order valence-corrected chi connectivity index (χ3v) is 3.69. The van der Waals surface area contributed by atoms with E-state index in [4.69, 9.17) is 4.74 Å². The zero-order chi connectivity index (χ0) is 14.0. The number of carbonyl (C=O) groups is 1. The molecule has 1 aromatic rings. The van der Waals surface area contributed by atoms with Crippen molar-refractivity contribution in [1.29, 1.82) is 0 Å². The lowest BCUT2D eigenvalue weighted by molar-refractivity contribution is 0.0524. The van der Waals surface area contributed by atoms with E-state index in [1.807, 2.05) is 20.8 Å². The van der Waals surface area contributed by atoms with Gasteiger partial charge in [-0.05, 0) is 56.9 Å². The molecule has 1 unspecified atom stereocenters. The first-order valence-electron chi connectivity index (χ1n) is 6.60. The maximum absolute atomic E-state index is 11.7. The van der Waals surface area contributed by atoms with Gasteiger partial charge in [-0.15, -0.1) is 0 Å². The first-order chi connectivity index (χ1) is 8.85. The molecule has 1 amide bonds. The fourth-order valence-corrected chi connectivity index (χ4v) is 2.77. The molecule has 4 heteroatoms. The van der Waals surface area contributed by atoms with Crippen LogP contribution in [0.15, 0.2) is 22.7 Å². The SMILES string of the molecule is CC(C)(C)OC(=O)NCC1CCc2ccc(Br)cc21. The standard InChI is InChI=1S/C15H20BrNO2/c1-15(2,3)19-14(18)17-9-11-5-4-10-6-7-12(16)8-13(10)11/h6-8,11H,4-5,9H2,1-3H3,(H,17,18). The third kappa shape index (κ3) is 3.96. The summed E-state index contributed by atoms with van der Waals surface area (Å²) in [5, 5.41) is 2.87. The Morgan fingerprint density at radius 3 is 2.89 bits per heavy atom. The summed E-state index contributed by atoms with van der Waals surface area (Å²) < 4.78 is 6.34. The minimum Gasteiger partial charge on any atom is -0.444 e. The summed E-state index contributed by atoms with van der Waals surface area (Å²) in [5.41, 5.74) is 2.28. The van der Waals surface area contributed by atoms with Crippen molar-refractivity contribution in [2.24, 2.45) is 0 Å². The van der Waals surface area contributed by atoms with Crippen LogP contribution in [-0.2, 0) is 11.2 Å². The van der Waals surface area contributed by atoms with Gasteiger partial charge >= 0.3 is 6.09 Å². The number of alkyl carbamates (subject to hydrolysis) is 1. The van der Waals surface area contributed by atoms with Gasteiger partial charge in [0.15, 0.2) is 0 Å². The number of hydrogen-bond donors (Lipinski definition) is 1. The zero-order valence-corrected chi connectivity index (χ0v) is 13.2. The predicted octanol–water partition coefficient (Wildman–Crippen LogP) is 4.00. The molecule has 0 fully saturated rings. The smallest absolute Gasteiger partial charge is 0.407 e. The highest BCUT2D eigenvalue weighted by molar-refractivity contribution is 9.10. The summed E-state index contributed by atoms with van der Waals surface area (Å²) in [4.78, 5) is 11.7. The first-order valence-corrected chi connectivity index (χ1v) is 7.39. The number of carbonyl (C=O) groups excluding carboxylic acids is 1. The number of rotatable bonds is 2. The number of aryl methyl sites for hydroxylation is 1. The number of nitrogens with one attached hydrogen (secondary N) is 1. The molecule has 0 saturated carbocycles. The van der Waals surface area contributed by atoms with E-state index >= 15 is 0 Å². The molecular formula is C15H20BrNO2. The summed E-state index contributed by atoms with van der Waals surface area (Å²) in [6.45, 7) is 6.25. The summed E-state index contributed by atoms with van der Waals surface area (Å²) in [6.07, 6.45) is 1.83. The van der Waals surface area contributed by atoms with Crippen LogP contribution in [0.4, 0.5) is 4.79 Å². The highest BCUT2D eigenvalue weighted by atomic mass is 79.9. The van der Waals surface area contributed by atoms with Gasteiger partial charge in [-0.25, -0.2) is 4.79 Å². The third-order valence-electron chi connectivity index (χ3n) is 3.20. The van der Waals surface area contributed by atoms with Crippen LogP contribution in [0.1, 0.15) is 44.2 Å². The van der Waals surface area contributed by atoms with Crippen LogP contribution in [0.25, 0.3) is 0 Å². The molecule has 2 rings (SSSR count). The van der Waals surface area contributed by atoms with E-state index < -0.39 is 5.60 Å². The molecule has 1 N–H and O–H groups in total. The van der Waals surface area contributed by atoms with Gasteiger partial charge in [0, 0.05) is 16.9 Å². The number of fused-ring (bicyclic) bond motifs is 1. The average Bonchev–Trinajstić information content (AvgIpc) is 2.66. The van der Waals surface area contributed by atoms with Crippen LogP contribution in [0.2, 0.25) is 0 Å². The fraction of sp³-hybridized carbons (Fsp3) is 0.533. The van der Waals surface area contributed by atoms with E-state index in [1.54, 1.807) is 0 Å². The van der Waals surface area contributed by atoms with Crippen LogP contribution < -0.4 is 5.32 Å². The second kappa shape index (κ2) is 5.53. The normalized spacial score (nSPS) is 18.0. The van der Waals surface area contributed by atoms with E-state index in [0.29, 0.717) is 12.5 Å². The first kappa shape index (κ1) is 14.4. The number of amides is 1. The van der Waals surface area contributed by atoms with Gasteiger partial charge in [0.1, 0.15) is 5.60 Å². The molecular weight excluding hydrogens is 306 g/mol. The lowest BCUT2D eigenvalue weighted by atomic mass is 10.0. The van der Waals surface area contributed by atoms with Crippen molar-refractivity contribution in [3.63, 3.8) is 0 Å². The Balaban J connectivity index is 1.93. The minimum atomic E-state index is -0.444. The lowest BCUT2D eigenvalue weighted by Gasteiger charge is -2.21. The van der Waals surface area contributed by atoms with Gasteiger partial charge in [0.25, 0.3) is 0 Å². The maximum Gasteiger partial charge on any atom is 0.407 e. The topological polar surface area (TPSA) is 38.3 Å². The van der Waals surface area contributed by atoms with Gasteiger partial charge in [0.05, 0.1) is 0 Å². The summed E-state index contributed by atoms with van der Waals surface area (Å²) in [6, 6.07) is 6.39. The Labute approximate surface area is 122 Å². The van der Waals surface area contributed by atoms with Crippen molar-refractivity contribution in [3.05, 3.63) is 33.8 Å². The monoisotopic (exact) mass is 325 g/mol. The van der Waals surface area contributed by atoms with Crippen molar-refractivity contribution in [2.75, 3.05) is 6.54 Å². The van der Waals surface area contributed by atoms with Crippen LogP contribution >= 0.6 is 15.9 Å². The van der Waals surface area contributed by atoms with E-state index in [1.165, 1.54) is 11.1 Å². The molecule has 0 radical (unpaired) electrons. The van der Waals surface area contributed by atoms with Crippen LogP contribution in [-0.4, -0.2) is 18.2 Å². The molecule has 1 atom stereocenters. The van der Waals surface area contributed by atoms with Crippen LogP contribution in [0.5, 0.6) is 0 Å². The van der Waals surface area contributed by atoms with E-state index in [0.717, 1.165) is 17.3 Å². The lowest BCUT2D eigenvalue weighted by Crippen LogP contribution is -2.34. The molecule has 1 aromatic carbocycles. The molecule has 0 saturated heterocycles. The van der Waals surface area contributed by atoms with Gasteiger partial charge in [0.2, 0.25) is 0 Å². The second-order valence-corrected chi connectivity index (χ2v) is 6.88. The Morgan fingerprint density at radius 2 is 2.21 bits per heavy atom. The predicted molar refractivity (Wildman–Crippen MR) is 79.4 cm³/mol. The fourth-order valence-electron chi connectivity index (χ4n) is 2.39. The Bertz CT molecular complexity index is 480. The Morgan fingerprint density at radius 1 is 1.47 bits per heavy atom. The number of halogens is 1. The minimum absolute atomic E-state index is 0.337. The maximum atomic E-state index is 11.7. The number of benzene rings is 1. The average molecular weight is 326 g/mol. The second-order valence-electron chi connectivity index (χ2n) is 5.96. The molecule has 3 nitrogen and oxygen atoms in total. The molecule has 0 spiro atoms. The van der Waals surface area contributed by atoms with Crippen molar-refractivity contribution in [3.8, 4) is 0 Å². The van der Waals surface area contributed by atoms with Gasteiger partial charge in [-0.3, -0.25) is 0 Å². The molecule has 0 aromatic heterocycles. The van der Waals surface area contributed by atoms with Gasteiger partial charge < -0.3 is 10.1 Å². The molecule has 0 heterocycles. The highest BCUT2D eigenvalue weighted by Gasteiger charge is 2.24. The zero-order valence-electron chi connectivity index (χ0n) is 11.6. The van der Waals surface area contributed by atoms with E-state index in [9.17, 15) is 4.79 Å². The summed E-state index contributed by atoms with van der Waals surface area (Å²) >= 11 is 3.50. The number of hydrogen-bond acceptors (Lipinski definition) is 2. The number of ether oxygens (including phenoxy) is 1. The van der Waals surface area contributed by atoms with Crippen molar-refractivity contribution in [1.82, 2.24) is 5.32 Å². The largest absolute Gasteiger partial charge is 0.444 e. The summed E-state index contributed by atoms with van der Waals surface area (Å²) in [5.74, 6) is 0.389. The van der Waals surface area contributed by atoms with Crippen molar-refractivity contribution in [2.45, 2.75) is 45.1 Å². The van der Waals surface area contributed by atoms with Crippen LogP contribution in [0.3, 0.4) is 0 Å². The van der Waals surface area contributed by atoms with E-state index in [-0.39, 0.29) is 6.09 Å². The summed E-state index contributed by atoms with van der Waals surface area (Å²) in [7, 11) is 0. The van der Waals surface area contributed by atoms with E-state index in [2.05, 4.69) is 39.4 Å². The van der Waals surface area contributed by atoms with Gasteiger partial charge in [-0.2, -0.15) is 0 Å². The van der Waals surface area contributed by atoms with Crippen molar-refractivity contribution < 1.29 is 9.53 Å². The molecule has 104 valence electrons. The molecule has 1 aliphatic rings. The van der Waals surface area contributed by atoms with Crippen molar-refractivity contribution >= 4 is 22.0 Å². The van der Waals surface area contributed by atoms with Crippen LogP contribution in [0, 0.1) is 0 Å². The molecule has 0 aliphatic heterocycles. The quantitative estimate of drug-likeness (QED) is 0.892. The molecule has 1 aliphatic carbocycles. The Hall–Kier alpha value is -1.03. The molecule has 19 heavy (non-hydrogen) atoms. The highest BCUT2D eigenvalue weighted by Crippen LogP contribution is 2.34. The molecule has 0 bridgehead atoms.